The van der Waals surface area contributed by atoms with Crippen LogP contribution in [-0.2, 0) is 0 Å². The molecule has 0 aliphatic carbocycles. The molecule has 142 valence electrons. The summed E-state index contributed by atoms with van der Waals surface area (Å²) in [6.07, 6.45) is 3.42. The molecule has 1 N–H and O–H groups in total. The van der Waals surface area contributed by atoms with Crippen LogP contribution >= 0.6 is 0 Å². The molecular weight excluding hydrogens is 350 g/mol. The Labute approximate surface area is 165 Å². The molecule has 0 radical (unpaired) electrons. The number of hydrazone groups is 1. The number of nitriles is 1. The molecule has 6 nitrogen and oxygen atoms in total. The zero-order chi connectivity index (χ0) is 19.3. The number of carbonyl (C=O) groups excluding carboxylic acids is 1. The minimum atomic E-state index is -0.188. The van der Waals surface area contributed by atoms with E-state index in [4.69, 9.17) is 5.26 Å². The van der Waals surface area contributed by atoms with Gasteiger partial charge in [0.1, 0.15) is 0 Å². The van der Waals surface area contributed by atoms with Gasteiger partial charge in [0.05, 0.1) is 23.9 Å². The summed E-state index contributed by atoms with van der Waals surface area (Å²) in [6, 6.07) is 19.5. The van der Waals surface area contributed by atoms with Crippen molar-refractivity contribution in [2.24, 2.45) is 5.10 Å². The number of amides is 2. The molecule has 2 aromatic carbocycles. The Bertz CT molecular complexity index is 895. The number of piperidine rings is 1. The Hall–Kier alpha value is -3.17. The smallest absolute Gasteiger partial charge is 0.269 e. The fraction of sp³-hybridized carbons (Fsp3) is 0.318. The molecule has 0 aromatic heterocycles. The van der Waals surface area contributed by atoms with Gasteiger partial charge in [-0.3, -0.25) is 5.43 Å². The molecule has 0 bridgehead atoms. The summed E-state index contributed by atoms with van der Waals surface area (Å²) < 4.78 is 0. The van der Waals surface area contributed by atoms with E-state index in [0.29, 0.717) is 12.1 Å². The van der Waals surface area contributed by atoms with E-state index in [1.807, 2.05) is 35.3 Å². The van der Waals surface area contributed by atoms with Crippen LogP contribution in [0.5, 0.6) is 0 Å². The second-order valence-corrected chi connectivity index (χ2v) is 7.18. The van der Waals surface area contributed by atoms with Gasteiger partial charge < -0.3 is 0 Å². The number of urea groups is 1. The topological polar surface area (TPSA) is 71.7 Å². The van der Waals surface area contributed by atoms with E-state index in [1.54, 1.807) is 12.1 Å². The van der Waals surface area contributed by atoms with Gasteiger partial charge in [-0.25, -0.2) is 14.8 Å². The minimum absolute atomic E-state index is 0.00115. The van der Waals surface area contributed by atoms with Gasteiger partial charge in [0.25, 0.3) is 0 Å². The molecule has 0 saturated carbocycles. The first kappa shape index (κ1) is 18.2. The Morgan fingerprint density at radius 3 is 2.43 bits per heavy atom. The van der Waals surface area contributed by atoms with Crippen LogP contribution in [0.25, 0.3) is 0 Å². The van der Waals surface area contributed by atoms with Gasteiger partial charge in [-0.2, -0.15) is 10.4 Å². The molecule has 4 rings (SSSR count). The zero-order valence-corrected chi connectivity index (χ0v) is 15.7. The van der Waals surface area contributed by atoms with E-state index in [9.17, 15) is 4.79 Å². The summed E-state index contributed by atoms with van der Waals surface area (Å²) in [5.41, 5.74) is 6.51. The van der Waals surface area contributed by atoms with Crippen molar-refractivity contribution in [3.05, 3.63) is 71.3 Å². The van der Waals surface area contributed by atoms with Crippen molar-refractivity contribution in [1.29, 1.82) is 5.26 Å². The van der Waals surface area contributed by atoms with Crippen molar-refractivity contribution < 1.29 is 4.79 Å². The summed E-state index contributed by atoms with van der Waals surface area (Å²) in [7, 11) is 0. The predicted octanol–water partition coefficient (Wildman–Crippen LogP) is 3.47. The van der Waals surface area contributed by atoms with Crippen LogP contribution in [-0.4, -0.2) is 41.4 Å². The zero-order valence-electron chi connectivity index (χ0n) is 15.7. The average Bonchev–Trinajstić information content (AvgIpc) is 3.21. The average molecular weight is 373 g/mol. The monoisotopic (exact) mass is 373 g/mol. The van der Waals surface area contributed by atoms with Gasteiger partial charge in [-0.15, -0.1) is 0 Å². The number of carbonyl (C=O) groups is 1. The van der Waals surface area contributed by atoms with Gasteiger partial charge in [-0.05, 0) is 36.1 Å². The van der Waals surface area contributed by atoms with Crippen LogP contribution < -0.4 is 5.43 Å². The van der Waals surface area contributed by atoms with E-state index < -0.39 is 0 Å². The van der Waals surface area contributed by atoms with Crippen molar-refractivity contribution >= 4 is 11.7 Å². The van der Waals surface area contributed by atoms with Crippen molar-refractivity contribution in [2.75, 3.05) is 19.6 Å². The van der Waals surface area contributed by atoms with Crippen molar-refractivity contribution in [2.45, 2.75) is 25.2 Å². The number of hydrogen-bond donors (Lipinski definition) is 1. The Morgan fingerprint density at radius 2 is 1.75 bits per heavy atom. The maximum absolute atomic E-state index is 12.8. The Kier molecular flexibility index (Phi) is 5.36. The van der Waals surface area contributed by atoms with Crippen LogP contribution in [0.2, 0.25) is 0 Å². The van der Waals surface area contributed by atoms with E-state index in [0.717, 1.165) is 42.8 Å². The molecule has 1 saturated heterocycles. The van der Waals surface area contributed by atoms with Gasteiger partial charge in [0.15, 0.2) is 0 Å². The quantitative estimate of drug-likeness (QED) is 0.895. The normalized spacial score (nSPS) is 19.8. The highest BCUT2D eigenvalue weighted by Crippen LogP contribution is 2.29. The van der Waals surface area contributed by atoms with Gasteiger partial charge in [0.2, 0.25) is 0 Å². The summed E-state index contributed by atoms with van der Waals surface area (Å²) in [5, 5.41) is 17.2. The standard InChI is InChI=1S/C22H23N5O/c23-15-17-9-11-19(12-10-17)21-20(18-7-3-1-4-8-18)16-27(24-21)22(28)25-26-13-5-2-6-14-26/h1,3-4,7-12,20H,2,5-6,13-14,16H2,(H,25,28). The molecule has 2 aromatic rings. The summed E-state index contributed by atoms with van der Waals surface area (Å²) in [6.45, 7) is 2.26. The highest BCUT2D eigenvalue weighted by Gasteiger charge is 2.32. The molecule has 0 spiro atoms. The molecule has 1 fully saturated rings. The number of hydrogen-bond acceptors (Lipinski definition) is 4. The fourth-order valence-corrected chi connectivity index (χ4v) is 3.75. The highest BCUT2D eigenvalue weighted by atomic mass is 16.2. The lowest BCUT2D eigenvalue weighted by Gasteiger charge is -2.28. The fourth-order valence-electron chi connectivity index (χ4n) is 3.75. The van der Waals surface area contributed by atoms with Crippen LogP contribution in [0, 0.1) is 11.3 Å². The Morgan fingerprint density at radius 1 is 1.04 bits per heavy atom. The second-order valence-electron chi connectivity index (χ2n) is 7.18. The Balaban J connectivity index is 1.59. The van der Waals surface area contributed by atoms with Crippen molar-refractivity contribution in [3.63, 3.8) is 0 Å². The molecule has 2 aliphatic rings. The third-order valence-electron chi connectivity index (χ3n) is 5.27. The number of benzene rings is 2. The third-order valence-corrected chi connectivity index (χ3v) is 5.27. The summed E-state index contributed by atoms with van der Waals surface area (Å²) in [5.74, 6) is 0.00115. The maximum atomic E-state index is 12.8. The first-order valence-electron chi connectivity index (χ1n) is 9.71. The highest BCUT2D eigenvalue weighted by molar-refractivity contribution is 6.07. The maximum Gasteiger partial charge on any atom is 0.352 e. The van der Waals surface area contributed by atoms with Crippen molar-refractivity contribution in [1.82, 2.24) is 15.4 Å². The lowest BCUT2D eigenvalue weighted by molar-refractivity contribution is 0.133. The predicted molar refractivity (Wildman–Crippen MR) is 108 cm³/mol. The van der Waals surface area contributed by atoms with Crippen LogP contribution in [0.4, 0.5) is 4.79 Å². The lowest BCUT2D eigenvalue weighted by atomic mass is 9.90. The molecule has 2 heterocycles. The number of nitrogens with zero attached hydrogens (tertiary/aromatic N) is 4. The molecule has 2 aliphatic heterocycles. The van der Waals surface area contributed by atoms with Gasteiger partial charge in [-0.1, -0.05) is 48.9 Å². The number of hydrazine groups is 1. The van der Waals surface area contributed by atoms with Gasteiger partial charge >= 0.3 is 6.03 Å². The first-order chi connectivity index (χ1) is 13.7. The molecule has 28 heavy (non-hydrogen) atoms. The first-order valence-corrected chi connectivity index (χ1v) is 9.71. The number of rotatable bonds is 3. The molecule has 6 heteroatoms. The van der Waals surface area contributed by atoms with E-state index in [2.05, 4.69) is 28.7 Å². The SMILES string of the molecule is N#Cc1ccc(C2=NN(C(=O)NN3CCCCC3)CC2c2ccccc2)cc1. The van der Waals surface area contributed by atoms with Crippen molar-refractivity contribution in [3.8, 4) is 6.07 Å². The molecule has 1 atom stereocenters. The van der Waals surface area contributed by atoms with Crippen LogP contribution in [0.1, 0.15) is 41.9 Å². The molecule has 2 amide bonds. The summed E-state index contributed by atoms with van der Waals surface area (Å²) in [4.78, 5) is 12.8. The van der Waals surface area contributed by atoms with E-state index in [-0.39, 0.29) is 11.9 Å². The van der Waals surface area contributed by atoms with Crippen LogP contribution in [0.3, 0.4) is 0 Å². The number of nitrogens with one attached hydrogen (secondary N) is 1. The largest absolute Gasteiger partial charge is 0.352 e. The lowest BCUT2D eigenvalue weighted by Crippen LogP contribution is -2.49. The minimum Gasteiger partial charge on any atom is -0.269 e. The third kappa shape index (κ3) is 3.90. The van der Waals surface area contributed by atoms with Gasteiger partial charge in [0, 0.05) is 19.0 Å². The van der Waals surface area contributed by atoms with E-state index >= 15 is 0 Å². The van der Waals surface area contributed by atoms with Crippen LogP contribution in [0.15, 0.2) is 59.7 Å². The molecule has 1 unspecified atom stereocenters. The molecular formula is C22H23N5O. The second kappa shape index (κ2) is 8.24. The van der Waals surface area contributed by atoms with E-state index in [1.165, 1.54) is 11.4 Å². The summed E-state index contributed by atoms with van der Waals surface area (Å²) >= 11 is 0.